The summed E-state index contributed by atoms with van der Waals surface area (Å²) in [5, 5.41) is 3.36. The summed E-state index contributed by atoms with van der Waals surface area (Å²) in [6.07, 6.45) is -0.438. The summed E-state index contributed by atoms with van der Waals surface area (Å²) in [6.45, 7) is 2.15. The van der Waals surface area contributed by atoms with Crippen molar-refractivity contribution in [2.75, 3.05) is 20.8 Å². The predicted molar refractivity (Wildman–Crippen MR) is 66.3 cm³/mol. The summed E-state index contributed by atoms with van der Waals surface area (Å²) in [7, 11) is 3.04. The van der Waals surface area contributed by atoms with E-state index in [1.807, 2.05) is 6.92 Å². The molecule has 0 atom stereocenters. The van der Waals surface area contributed by atoms with Gasteiger partial charge in [-0.1, -0.05) is 11.6 Å². The van der Waals surface area contributed by atoms with E-state index in [9.17, 15) is 4.79 Å². The van der Waals surface area contributed by atoms with Gasteiger partial charge in [-0.25, -0.2) is 0 Å². The number of ether oxygens (including phenoxy) is 2. The highest BCUT2D eigenvalue weighted by atomic mass is 35.5. The molecule has 94 valence electrons. The van der Waals surface area contributed by atoms with Crippen LogP contribution >= 0.6 is 11.6 Å². The quantitative estimate of drug-likeness (QED) is 0.821. The van der Waals surface area contributed by atoms with Crippen LogP contribution < -0.4 is 5.32 Å². The van der Waals surface area contributed by atoms with Gasteiger partial charge in [0.15, 0.2) is 6.29 Å². The first-order chi connectivity index (χ1) is 8.08. The van der Waals surface area contributed by atoms with Crippen LogP contribution in [0.2, 0.25) is 5.02 Å². The van der Waals surface area contributed by atoms with Gasteiger partial charge in [0.05, 0.1) is 6.54 Å². The number of rotatable bonds is 5. The lowest BCUT2D eigenvalue weighted by atomic mass is 10.1. The van der Waals surface area contributed by atoms with Crippen molar-refractivity contribution in [3.63, 3.8) is 0 Å². The normalized spacial score (nSPS) is 10.6. The SMILES string of the molecule is COC(CNC(=O)c1ccc(Cl)c(C)c1)OC. The molecule has 17 heavy (non-hydrogen) atoms. The van der Waals surface area contributed by atoms with Gasteiger partial charge in [0, 0.05) is 24.8 Å². The van der Waals surface area contributed by atoms with Gasteiger partial charge in [-0.05, 0) is 30.7 Å². The largest absolute Gasteiger partial charge is 0.354 e. The number of nitrogens with one attached hydrogen (secondary N) is 1. The molecule has 1 rings (SSSR count). The lowest BCUT2D eigenvalue weighted by Gasteiger charge is -2.14. The van der Waals surface area contributed by atoms with Crippen molar-refractivity contribution in [2.24, 2.45) is 0 Å². The minimum atomic E-state index is -0.438. The Morgan fingerprint density at radius 3 is 2.59 bits per heavy atom. The number of hydrogen-bond acceptors (Lipinski definition) is 3. The van der Waals surface area contributed by atoms with E-state index >= 15 is 0 Å². The number of carbonyl (C=O) groups is 1. The minimum absolute atomic E-state index is 0.177. The fraction of sp³-hybridized carbons (Fsp3) is 0.417. The van der Waals surface area contributed by atoms with E-state index in [4.69, 9.17) is 21.1 Å². The molecule has 0 radical (unpaired) electrons. The van der Waals surface area contributed by atoms with Gasteiger partial charge in [-0.15, -0.1) is 0 Å². The number of carbonyl (C=O) groups excluding carboxylic acids is 1. The van der Waals surface area contributed by atoms with Crippen molar-refractivity contribution in [2.45, 2.75) is 13.2 Å². The lowest BCUT2D eigenvalue weighted by molar-refractivity contribution is -0.0974. The van der Waals surface area contributed by atoms with Gasteiger partial charge < -0.3 is 14.8 Å². The molecular weight excluding hydrogens is 242 g/mol. The molecule has 0 aromatic heterocycles. The van der Waals surface area contributed by atoms with Crippen molar-refractivity contribution in [1.82, 2.24) is 5.32 Å². The number of methoxy groups -OCH3 is 2. The van der Waals surface area contributed by atoms with Crippen LogP contribution in [0.15, 0.2) is 18.2 Å². The number of benzene rings is 1. The van der Waals surface area contributed by atoms with Gasteiger partial charge in [0.2, 0.25) is 0 Å². The van der Waals surface area contributed by atoms with Crippen LogP contribution in [0.1, 0.15) is 15.9 Å². The molecule has 0 unspecified atom stereocenters. The molecular formula is C12H16ClNO3. The summed E-state index contributed by atoms with van der Waals surface area (Å²) in [4.78, 5) is 11.8. The topological polar surface area (TPSA) is 47.6 Å². The van der Waals surface area contributed by atoms with E-state index in [-0.39, 0.29) is 5.91 Å². The third-order valence-corrected chi connectivity index (χ3v) is 2.80. The van der Waals surface area contributed by atoms with Crippen LogP contribution in [0, 0.1) is 6.92 Å². The first-order valence-electron chi connectivity index (χ1n) is 5.18. The zero-order valence-electron chi connectivity index (χ0n) is 10.1. The van der Waals surface area contributed by atoms with Gasteiger partial charge in [-0.3, -0.25) is 4.79 Å². The van der Waals surface area contributed by atoms with Crippen LogP contribution in [-0.2, 0) is 9.47 Å². The number of aryl methyl sites for hydroxylation is 1. The van der Waals surface area contributed by atoms with E-state index in [2.05, 4.69) is 5.32 Å². The maximum Gasteiger partial charge on any atom is 0.251 e. The summed E-state index contributed by atoms with van der Waals surface area (Å²) >= 11 is 5.89. The average molecular weight is 258 g/mol. The fourth-order valence-corrected chi connectivity index (χ4v) is 1.44. The summed E-state index contributed by atoms with van der Waals surface area (Å²) in [5.74, 6) is -0.177. The lowest BCUT2D eigenvalue weighted by Crippen LogP contribution is -2.34. The van der Waals surface area contributed by atoms with E-state index in [0.29, 0.717) is 17.1 Å². The van der Waals surface area contributed by atoms with Crippen molar-refractivity contribution < 1.29 is 14.3 Å². The zero-order valence-corrected chi connectivity index (χ0v) is 10.9. The Kier molecular flexibility index (Phi) is 5.41. The molecule has 0 bridgehead atoms. The van der Waals surface area contributed by atoms with Crippen LogP contribution in [0.3, 0.4) is 0 Å². The Morgan fingerprint density at radius 2 is 2.06 bits per heavy atom. The minimum Gasteiger partial charge on any atom is -0.354 e. The summed E-state index contributed by atoms with van der Waals surface area (Å²) in [5.41, 5.74) is 1.44. The van der Waals surface area contributed by atoms with Gasteiger partial charge in [-0.2, -0.15) is 0 Å². The van der Waals surface area contributed by atoms with Crippen molar-refractivity contribution >= 4 is 17.5 Å². The molecule has 0 aliphatic carbocycles. The molecule has 1 amide bonds. The summed E-state index contributed by atoms with van der Waals surface area (Å²) in [6, 6.07) is 5.13. The van der Waals surface area contributed by atoms with Gasteiger partial charge in [0.1, 0.15) is 0 Å². The second kappa shape index (κ2) is 6.59. The standard InChI is InChI=1S/C12H16ClNO3/c1-8-6-9(4-5-10(8)13)12(15)14-7-11(16-2)17-3/h4-6,11H,7H2,1-3H3,(H,14,15). The van der Waals surface area contributed by atoms with E-state index in [1.165, 1.54) is 14.2 Å². The fourth-order valence-electron chi connectivity index (χ4n) is 1.33. The maximum atomic E-state index is 11.8. The molecule has 1 aromatic rings. The Hall–Kier alpha value is -1.10. The highest BCUT2D eigenvalue weighted by Crippen LogP contribution is 2.16. The monoisotopic (exact) mass is 257 g/mol. The van der Waals surface area contributed by atoms with Crippen LogP contribution in [0.4, 0.5) is 0 Å². The van der Waals surface area contributed by atoms with Crippen LogP contribution in [0.25, 0.3) is 0 Å². The smallest absolute Gasteiger partial charge is 0.251 e. The first-order valence-corrected chi connectivity index (χ1v) is 5.56. The van der Waals surface area contributed by atoms with Crippen LogP contribution in [-0.4, -0.2) is 33.0 Å². The molecule has 0 aliphatic rings. The molecule has 1 aromatic carbocycles. The number of amides is 1. The molecule has 0 aliphatic heterocycles. The van der Waals surface area contributed by atoms with E-state index in [1.54, 1.807) is 18.2 Å². The Morgan fingerprint density at radius 1 is 1.41 bits per heavy atom. The van der Waals surface area contributed by atoms with Crippen molar-refractivity contribution in [3.05, 3.63) is 34.3 Å². The van der Waals surface area contributed by atoms with E-state index < -0.39 is 6.29 Å². The average Bonchev–Trinajstić information content (AvgIpc) is 2.33. The van der Waals surface area contributed by atoms with Gasteiger partial charge in [0.25, 0.3) is 5.91 Å². The maximum absolute atomic E-state index is 11.8. The second-order valence-corrected chi connectivity index (χ2v) is 3.98. The summed E-state index contributed by atoms with van der Waals surface area (Å²) < 4.78 is 9.94. The molecule has 1 N–H and O–H groups in total. The Balaban J connectivity index is 2.61. The van der Waals surface area contributed by atoms with Crippen molar-refractivity contribution in [3.8, 4) is 0 Å². The number of halogens is 1. The first kappa shape index (κ1) is 14.0. The van der Waals surface area contributed by atoms with Gasteiger partial charge >= 0.3 is 0 Å². The highest BCUT2D eigenvalue weighted by Gasteiger charge is 2.10. The molecule has 0 saturated heterocycles. The van der Waals surface area contributed by atoms with Crippen molar-refractivity contribution in [1.29, 1.82) is 0 Å². The Bertz CT molecular complexity index is 391. The number of hydrogen-bond donors (Lipinski definition) is 1. The molecule has 0 saturated carbocycles. The molecule has 5 heteroatoms. The van der Waals surface area contributed by atoms with E-state index in [0.717, 1.165) is 5.56 Å². The Labute approximate surface area is 106 Å². The second-order valence-electron chi connectivity index (χ2n) is 3.57. The molecule has 0 fully saturated rings. The molecule has 4 nitrogen and oxygen atoms in total. The molecule has 0 spiro atoms. The third kappa shape index (κ3) is 4.00. The predicted octanol–water partition coefficient (Wildman–Crippen LogP) is 2.00. The molecule has 0 heterocycles. The third-order valence-electron chi connectivity index (χ3n) is 2.38. The van der Waals surface area contributed by atoms with Crippen LogP contribution in [0.5, 0.6) is 0 Å². The zero-order chi connectivity index (χ0) is 12.8. The highest BCUT2D eigenvalue weighted by molar-refractivity contribution is 6.31.